The third kappa shape index (κ3) is 7.87. The van der Waals surface area contributed by atoms with Crippen molar-refractivity contribution in [3.63, 3.8) is 0 Å². The van der Waals surface area contributed by atoms with Gasteiger partial charge in [-0.15, -0.1) is 0 Å². The Kier molecular flexibility index (Phi) is 8.73. The number of amides is 1. The normalized spacial score (nSPS) is 16.4. The van der Waals surface area contributed by atoms with Crippen LogP contribution in [0.15, 0.2) is 42.5 Å². The highest BCUT2D eigenvalue weighted by Gasteiger charge is 2.40. The quantitative estimate of drug-likeness (QED) is 0.296. The van der Waals surface area contributed by atoms with E-state index in [4.69, 9.17) is 9.47 Å². The second-order valence-corrected chi connectivity index (χ2v) is 9.48. The average Bonchev–Trinajstić information content (AvgIpc) is 3.19. The molecule has 0 radical (unpaired) electrons. The zero-order valence-electron chi connectivity index (χ0n) is 21.3. The number of aromatic nitrogens is 2. The number of carbonyl (C=O) groups excluding carboxylic acids is 1. The summed E-state index contributed by atoms with van der Waals surface area (Å²) in [4.78, 5) is 17.2. The van der Waals surface area contributed by atoms with Crippen LogP contribution in [-0.4, -0.2) is 65.1 Å². The van der Waals surface area contributed by atoms with E-state index in [2.05, 4.69) is 4.98 Å². The van der Waals surface area contributed by atoms with Crippen LogP contribution in [0.4, 0.5) is 26.3 Å². The van der Waals surface area contributed by atoms with E-state index in [1.54, 1.807) is 0 Å². The number of nitrogens with zero attached hydrogens (tertiary/aromatic N) is 3. The molecule has 1 aromatic heterocycles. The van der Waals surface area contributed by atoms with Crippen molar-refractivity contribution >= 4 is 16.9 Å². The van der Waals surface area contributed by atoms with E-state index in [0.29, 0.717) is 43.0 Å². The number of hydrogen-bond donors (Lipinski definition) is 0. The minimum Gasteiger partial charge on any atom is -0.494 e. The first-order valence-electron chi connectivity index (χ1n) is 12.7. The Morgan fingerprint density at radius 2 is 1.74 bits per heavy atom. The standard InChI is InChI=1S/C27H29F6N3O3/c1-2-38-20-9-6-18(7-10-20)13-24-34-22-14-19(25(37)35(16-26(28,29)30)17-27(31,32)33)8-11-23(22)36(24)15-21-5-3-4-12-39-21/h6-11,14,21H,2-5,12-13,15-17H2,1H3. The van der Waals surface area contributed by atoms with Crippen LogP contribution in [-0.2, 0) is 17.7 Å². The minimum atomic E-state index is -4.99. The third-order valence-corrected chi connectivity index (χ3v) is 6.36. The molecule has 4 rings (SSSR count). The maximum atomic E-state index is 13.0. The minimum absolute atomic E-state index is 0.0643. The van der Waals surface area contributed by atoms with Crippen molar-refractivity contribution in [3.8, 4) is 5.75 Å². The molecule has 212 valence electrons. The van der Waals surface area contributed by atoms with E-state index in [1.807, 2.05) is 35.8 Å². The lowest BCUT2D eigenvalue weighted by Gasteiger charge is -2.25. The van der Waals surface area contributed by atoms with Crippen LogP contribution in [0.25, 0.3) is 11.0 Å². The number of imidazole rings is 1. The first-order valence-corrected chi connectivity index (χ1v) is 12.7. The van der Waals surface area contributed by atoms with Crippen LogP contribution in [0.1, 0.15) is 47.9 Å². The van der Waals surface area contributed by atoms with Crippen LogP contribution < -0.4 is 4.74 Å². The van der Waals surface area contributed by atoms with E-state index < -0.39 is 31.3 Å². The van der Waals surface area contributed by atoms with Crippen LogP contribution in [0, 0.1) is 0 Å². The summed E-state index contributed by atoms with van der Waals surface area (Å²) in [6, 6.07) is 11.5. The smallest absolute Gasteiger partial charge is 0.406 e. The summed E-state index contributed by atoms with van der Waals surface area (Å²) < 4.78 is 91.1. The Morgan fingerprint density at radius 1 is 1.05 bits per heavy atom. The molecule has 3 aromatic rings. The van der Waals surface area contributed by atoms with E-state index in [9.17, 15) is 31.1 Å². The van der Waals surface area contributed by atoms with E-state index >= 15 is 0 Å². The summed E-state index contributed by atoms with van der Waals surface area (Å²) >= 11 is 0. The van der Waals surface area contributed by atoms with Gasteiger partial charge in [-0.25, -0.2) is 4.98 Å². The first-order chi connectivity index (χ1) is 18.4. The van der Waals surface area contributed by atoms with Gasteiger partial charge in [-0.1, -0.05) is 12.1 Å². The van der Waals surface area contributed by atoms with E-state index in [0.717, 1.165) is 30.6 Å². The summed E-state index contributed by atoms with van der Waals surface area (Å²) in [5, 5.41) is 0. The molecule has 0 saturated carbocycles. The first kappa shape index (κ1) is 28.7. The van der Waals surface area contributed by atoms with Crippen molar-refractivity contribution in [2.24, 2.45) is 0 Å². The molecular formula is C27H29F6N3O3. The van der Waals surface area contributed by atoms with E-state index in [-0.39, 0.29) is 16.6 Å². The molecule has 0 spiro atoms. The zero-order valence-corrected chi connectivity index (χ0v) is 21.3. The lowest BCUT2D eigenvalue weighted by atomic mass is 10.1. The van der Waals surface area contributed by atoms with Crippen LogP contribution in [0.5, 0.6) is 5.75 Å². The summed E-state index contributed by atoms with van der Waals surface area (Å²) in [6.07, 6.45) is -6.80. The van der Waals surface area contributed by atoms with Crippen molar-refractivity contribution < 1.29 is 40.6 Å². The maximum Gasteiger partial charge on any atom is 0.406 e. The molecule has 1 saturated heterocycles. The van der Waals surface area contributed by atoms with Crippen molar-refractivity contribution in [2.75, 3.05) is 26.3 Å². The molecule has 1 unspecified atom stereocenters. The van der Waals surface area contributed by atoms with E-state index in [1.165, 1.54) is 18.2 Å². The molecule has 6 nitrogen and oxygen atoms in total. The fourth-order valence-corrected chi connectivity index (χ4v) is 4.67. The Bertz CT molecular complexity index is 1250. The Labute approximate surface area is 221 Å². The molecule has 1 amide bonds. The summed E-state index contributed by atoms with van der Waals surface area (Å²) in [5.41, 5.74) is 1.54. The van der Waals surface area contributed by atoms with Crippen LogP contribution >= 0.6 is 0 Å². The highest BCUT2D eigenvalue weighted by atomic mass is 19.4. The third-order valence-electron chi connectivity index (χ3n) is 6.36. The van der Waals surface area contributed by atoms with Gasteiger partial charge in [-0.2, -0.15) is 26.3 Å². The lowest BCUT2D eigenvalue weighted by Crippen LogP contribution is -2.44. The molecule has 1 aliphatic rings. The van der Waals surface area contributed by atoms with Crippen molar-refractivity contribution in [2.45, 2.75) is 57.6 Å². The molecule has 0 aliphatic carbocycles. The summed E-state index contributed by atoms with van der Waals surface area (Å²) in [7, 11) is 0. The monoisotopic (exact) mass is 557 g/mol. The molecule has 1 aliphatic heterocycles. The largest absolute Gasteiger partial charge is 0.494 e. The fourth-order valence-electron chi connectivity index (χ4n) is 4.67. The van der Waals surface area contributed by atoms with Crippen molar-refractivity contribution in [1.82, 2.24) is 14.5 Å². The van der Waals surface area contributed by atoms with Gasteiger partial charge in [-0.05, 0) is 62.1 Å². The Hall–Kier alpha value is -3.28. The van der Waals surface area contributed by atoms with Gasteiger partial charge in [0.15, 0.2) is 0 Å². The Balaban J connectivity index is 1.68. The molecule has 1 atom stereocenters. The second-order valence-electron chi connectivity index (χ2n) is 9.48. The van der Waals surface area contributed by atoms with Gasteiger partial charge in [0.05, 0.1) is 30.3 Å². The van der Waals surface area contributed by atoms with Gasteiger partial charge < -0.3 is 18.9 Å². The van der Waals surface area contributed by atoms with Crippen LogP contribution in [0.2, 0.25) is 0 Å². The highest BCUT2D eigenvalue weighted by Crippen LogP contribution is 2.27. The number of benzene rings is 2. The fraction of sp³-hybridized carbons (Fsp3) is 0.481. The molecule has 2 aromatic carbocycles. The van der Waals surface area contributed by atoms with Crippen molar-refractivity contribution in [3.05, 3.63) is 59.4 Å². The highest BCUT2D eigenvalue weighted by molar-refractivity contribution is 5.97. The van der Waals surface area contributed by atoms with Gasteiger partial charge in [0.25, 0.3) is 5.91 Å². The van der Waals surface area contributed by atoms with Gasteiger partial charge >= 0.3 is 12.4 Å². The predicted molar refractivity (Wildman–Crippen MR) is 132 cm³/mol. The van der Waals surface area contributed by atoms with Crippen LogP contribution in [0.3, 0.4) is 0 Å². The molecule has 12 heteroatoms. The molecule has 0 N–H and O–H groups in total. The lowest BCUT2D eigenvalue weighted by molar-refractivity contribution is -0.171. The number of rotatable bonds is 9. The molecule has 39 heavy (non-hydrogen) atoms. The number of ether oxygens (including phenoxy) is 2. The molecule has 2 heterocycles. The zero-order chi connectivity index (χ0) is 28.2. The molecule has 1 fully saturated rings. The van der Waals surface area contributed by atoms with Crippen molar-refractivity contribution in [1.29, 1.82) is 0 Å². The number of fused-ring (bicyclic) bond motifs is 1. The number of hydrogen-bond acceptors (Lipinski definition) is 4. The topological polar surface area (TPSA) is 56.6 Å². The summed E-state index contributed by atoms with van der Waals surface area (Å²) in [5.74, 6) is -0.0177. The maximum absolute atomic E-state index is 13.0. The molecule has 0 bridgehead atoms. The van der Waals surface area contributed by atoms with Gasteiger partial charge in [0, 0.05) is 18.6 Å². The van der Waals surface area contributed by atoms with Gasteiger partial charge in [0.2, 0.25) is 0 Å². The average molecular weight is 558 g/mol. The Morgan fingerprint density at radius 3 is 2.33 bits per heavy atom. The summed E-state index contributed by atoms with van der Waals surface area (Å²) in [6.45, 7) is -0.502. The van der Waals surface area contributed by atoms with Gasteiger partial charge in [0.1, 0.15) is 24.7 Å². The second kappa shape index (κ2) is 11.8. The van der Waals surface area contributed by atoms with Gasteiger partial charge in [-0.3, -0.25) is 4.79 Å². The number of carbonyl (C=O) groups is 1. The molecular weight excluding hydrogens is 528 g/mol. The number of halogens is 6. The predicted octanol–water partition coefficient (Wildman–Crippen LogP) is 6.16. The number of alkyl halides is 6. The SMILES string of the molecule is CCOc1ccc(Cc2nc3cc(C(=O)N(CC(F)(F)F)CC(F)(F)F)ccc3n2CC2CCCCO2)cc1.